The highest BCUT2D eigenvalue weighted by Gasteiger charge is 2.23. The van der Waals surface area contributed by atoms with Crippen molar-refractivity contribution in [2.24, 2.45) is 5.73 Å². The summed E-state index contributed by atoms with van der Waals surface area (Å²) in [6.07, 6.45) is 0.747. The van der Waals surface area contributed by atoms with E-state index in [9.17, 15) is 12.8 Å². The first kappa shape index (κ1) is 20.5. The third kappa shape index (κ3) is 4.10. The summed E-state index contributed by atoms with van der Waals surface area (Å²) < 4.78 is 41.9. The van der Waals surface area contributed by atoms with E-state index in [-0.39, 0.29) is 15.8 Å². The zero-order valence-corrected chi connectivity index (χ0v) is 17.7. The second kappa shape index (κ2) is 8.19. The molecule has 0 aliphatic carbocycles. The quantitative estimate of drug-likeness (QED) is 0.352. The SMILES string of the molecule is N[C@H](Nc1cc(F)c(S(=O)(=O)Nc2nccs2)cc1Cl)c1cccc2ccccc12. The van der Waals surface area contributed by atoms with Gasteiger partial charge >= 0.3 is 0 Å². The van der Waals surface area contributed by atoms with Gasteiger partial charge < -0.3 is 11.1 Å². The van der Waals surface area contributed by atoms with Crippen LogP contribution in [0.4, 0.5) is 15.2 Å². The van der Waals surface area contributed by atoms with E-state index < -0.39 is 26.9 Å². The van der Waals surface area contributed by atoms with Crippen molar-refractivity contribution in [1.82, 2.24) is 4.98 Å². The molecule has 0 bridgehead atoms. The largest absolute Gasteiger partial charge is 0.365 e. The first-order valence-electron chi connectivity index (χ1n) is 8.76. The molecule has 0 saturated heterocycles. The Labute approximate surface area is 181 Å². The summed E-state index contributed by atoms with van der Waals surface area (Å²) in [7, 11) is -4.18. The van der Waals surface area contributed by atoms with E-state index in [0.29, 0.717) is 0 Å². The van der Waals surface area contributed by atoms with Crippen LogP contribution in [0.1, 0.15) is 11.7 Å². The Balaban J connectivity index is 1.63. The van der Waals surface area contributed by atoms with E-state index in [1.54, 1.807) is 5.38 Å². The molecule has 0 aliphatic heterocycles. The average molecular weight is 463 g/mol. The number of benzene rings is 3. The minimum absolute atomic E-state index is 0.0200. The maximum absolute atomic E-state index is 14.7. The van der Waals surface area contributed by atoms with Gasteiger partial charge in [-0.25, -0.2) is 17.8 Å². The van der Waals surface area contributed by atoms with Crippen LogP contribution in [0.25, 0.3) is 10.8 Å². The molecule has 4 N–H and O–H groups in total. The molecule has 10 heteroatoms. The Bertz CT molecular complexity index is 1310. The van der Waals surface area contributed by atoms with Crippen LogP contribution in [0, 0.1) is 5.82 Å². The Hall–Kier alpha value is -2.72. The van der Waals surface area contributed by atoms with Gasteiger partial charge in [0.2, 0.25) is 0 Å². The van der Waals surface area contributed by atoms with Crippen LogP contribution < -0.4 is 15.8 Å². The fourth-order valence-corrected chi connectivity index (χ4v) is 5.21. The topological polar surface area (TPSA) is 97.1 Å². The molecule has 4 aromatic rings. The molecule has 1 atom stereocenters. The average Bonchev–Trinajstić information content (AvgIpc) is 3.22. The van der Waals surface area contributed by atoms with Crippen molar-refractivity contribution in [2.45, 2.75) is 11.1 Å². The third-order valence-electron chi connectivity index (χ3n) is 4.43. The van der Waals surface area contributed by atoms with Crippen LogP contribution in [0.15, 0.2) is 71.1 Å². The van der Waals surface area contributed by atoms with E-state index >= 15 is 0 Å². The van der Waals surface area contributed by atoms with Crippen LogP contribution in [-0.4, -0.2) is 13.4 Å². The van der Waals surface area contributed by atoms with E-state index in [1.165, 1.54) is 6.20 Å². The molecule has 0 unspecified atom stereocenters. The number of sulfonamides is 1. The van der Waals surface area contributed by atoms with E-state index in [4.69, 9.17) is 17.3 Å². The first-order chi connectivity index (χ1) is 14.3. The minimum atomic E-state index is -4.18. The number of hydrogen-bond acceptors (Lipinski definition) is 6. The van der Waals surface area contributed by atoms with E-state index in [1.807, 2.05) is 42.5 Å². The van der Waals surface area contributed by atoms with Crippen molar-refractivity contribution in [3.05, 3.63) is 82.6 Å². The molecule has 1 heterocycles. The number of fused-ring (bicyclic) bond motifs is 1. The highest BCUT2D eigenvalue weighted by atomic mass is 35.5. The molecular weight excluding hydrogens is 447 g/mol. The summed E-state index contributed by atoms with van der Waals surface area (Å²) in [6.45, 7) is 0. The molecule has 4 rings (SSSR count). The van der Waals surface area contributed by atoms with Crippen LogP contribution >= 0.6 is 22.9 Å². The maximum atomic E-state index is 14.7. The van der Waals surface area contributed by atoms with Crippen molar-refractivity contribution in [3.63, 3.8) is 0 Å². The number of aromatic nitrogens is 1. The van der Waals surface area contributed by atoms with Gasteiger partial charge in [-0.05, 0) is 28.5 Å². The summed E-state index contributed by atoms with van der Waals surface area (Å²) >= 11 is 7.33. The lowest BCUT2D eigenvalue weighted by atomic mass is 10.0. The second-order valence-corrected chi connectivity index (χ2v) is 9.35. The first-order valence-corrected chi connectivity index (χ1v) is 11.5. The predicted molar refractivity (Wildman–Crippen MR) is 119 cm³/mol. The molecular formula is C20H16ClFN4O2S2. The number of nitrogens with two attached hydrogens (primary N) is 1. The lowest BCUT2D eigenvalue weighted by molar-refractivity contribution is 0.570. The zero-order valence-electron chi connectivity index (χ0n) is 15.3. The number of thiazole rings is 1. The molecule has 0 aliphatic rings. The maximum Gasteiger partial charge on any atom is 0.266 e. The van der Waals surface area contributed by atoms with Gasteiger partial charge in [-0.15, -0.1) is 11.3 Å². The smallest absolute Gasteiger partial charge is 0.266 e. The van der Waals surface area contributed by atoms with Gasteiger partial charge in [0.1, 0.15) is 16.9 Å². The minimum Gasteiger partial charge on any atom is -0.365 e. The fourth-order valence-electron chi connectivity index (χ4n) is 3.06. The van der Waals surface area contributed by atoms with Crippen molar-refractivity contribution in [1.29, 1.82) is 0 Å². The Morgan fingerprint density at radius 2 is 1.90 bits per heavy atom. The van der Waals surface area contributed by atoms with E-state index in [0.717, 1.165) is 39.8 Å². The summed E-state index contributed by atoms with van der Waals surface area (Å²) in [5, 5.41) is 6.68. The van der Waals surface area contributed by atoms with Gasteiger partial charge in [-0.1, -0.05) is 54.1 Å². The molecule has 154 valence electrons. The number of hydrogen-bond donors (Lipinski definition) is 3. The van der Waals surface area contributed by atoms with Crippen LogP contribution in [0.2, 0.25) is 5.02 Å². The summed E-state index contributed by atoms with van der Waals surface area (Å²) in [4.78, 5) is 3.26. The second-order valence-electron chi connectivity index (χ2n) is 6.40. The monoisotopic (exact) mass is 462 g/mol. The van der Waals surface area contributed by atoms with E-state index in [2.05, 4.69) is 15.0 Å². The van der Waals surface area contributed by atoms with Crippen LogP contribution in [0.5, 0.6) is 0 Å². The fraction of sp³-hybridized carbons (Fsp3) is 0.0500. The molecule has 1 aromatic heterocycles. The van der Waals surface area contributed by atoms with Crippen molar-refractivity contribution < 1.29 is 12.8 Å². The highest BCUT2D eigenvalue weighted by Crippen LogP contribution is 2.32. The molecule has 0 spiro atoms. The lowest BCUT2D eigenvalue weighted by Gasteiger charge is -2.19. The molecule has 0 amide bonds. The molecule has 6 nitrogen and oxygen atoms in total. The Kier molecular flexibility index (Phi) is 5.61. The van der Waals surface area contributed by atoms with Crippen molar-refractivity contribution in [3.8, 4) is 0 Å². The predicted octanol–water partition coefficient (Wildman–Crippen LogP) is 4.96. The number of anilines is 2. The van der Waals surface area contributed by atoms with Gasteiger partial charge in [-0.3, -0.25) is 4.72 Å². The number of nitrogens with one attached hydrogen (secondary N) is 2. The van der Waals surface area contributed by atoms with Crippen LogP contribution in [-0.2, 0) is 10.0 Å². The summed E-state index contributed by atoms with van der Waals surface area (Å²) in [5.41, 5.74) is 7.28. The molecule has 3 aromatic carbocycles. The van der Waals surface area contributed by atoms with Gasteiger partial charge in [-0.2, -0.15) is 0 Å². The van der Waals surface area contributed by atoms with Gasteiger partial charge in [0.25, 0.3) is 10.0 Å². The van der Waals surface area contributed by atoms with Crippen LogP contribution in [0.3, 0.4) is 0 Å². The Morgan fingerprint density at radius 3 is 2.67 bits per heavy atom. The molecule has 0 radical (unpaired) electrons. The Morgan fingerprint density at radius 1 is 1.13 bits per heavy atom. The number of nitrogens with zero attached hydrogens (tertiary/aromatic N) is 1. The van der Waals surface area contributed by atoms with Crippen molar-refractivity contribution in [2.75, 3.05) is 10.0 Å². The summed E-state index contributed by atoms with van der Waals surface area (Å²) in [6, 6.07) is 15.5. The highest BCUT2D eigenvalue weighted by molar-refractivity contribution is 7.93. The molecule has 30 heavy (non-hydrogen) atoms. The van der Waals surface area contributed by atoms with Crippen molar-refractivity contribution >= 4 is 54.6 Å². The zero-order chi connectivity index (χ0) is 21.3. The normalized spacial score (nSPS) is 12.6. The lowest BCUT2D eigenvalue weighted by Crippen LogP contribution is -2.21. The molecule has 0 saturated carbocycles. The van der Waals surface area contributed by atoms with Gasteiger partial charge in [0, 0.05) is 11.6 Å². The summed E-state index contributed by atoms with van der Waals surface area (Å²) in [5.74, 6) is -0.962. The number of rotatable bonds is 6. The number of halogens is 2. The standard InChI is InChI=1S/C20H16ClFN4O2S2/c21-15-10-18(30(27,28)26-20-24-8-9-29-20)16(22)11-17(15)25-19(23)14-7-3-5-12-4-1-2-6-13(12)14/h1-11,19,25H,23H2,(H,24,26)/t19-/m1/s1. The molecule has 0 fully saturated rings. The van der Waals surface area contributed by atoms with Gasteiger partial charge in [0.05, 0.1) is 10.7 Å². The third-order valence-corrected chi connectivity index (χ3v) is 6.92. The van der Waals surface area contributed by atoms with Gasteiger partial charge in [0.15, 0.2) is 5.13 Å².